The first kappa shape index (κ1) is 11.4. The van der Waals surface area contributed by atoms with E-state index >= 15 is 0 Å². The molecule has 1 aliphatic rings. The second kappa shape index (κ2) is 4.41. The van der Waals surface area contributed by atoms with E-state index in [0.29, 0.717) is 12.1 Å². The van der Waals surface area contributed by atoms with E-state index in [1.54, 1.807) is 0 Å². The van der Waals surface area contributed by atoms with Crippen molar-refractivity contribution in [3.05, 3.63) is 15.5 Å². The lowest BCUT2D eigenvalue weighted by atomic mass is 10.3. The molecule has 1 fully saturated rings. The van der Waals surface area contributed by atoms with Crippen LogP contribution in [0.3, 0.4) is 0 Å². The van der Waals surface area contributed by atoms with E-state index in [4.69, 9.17) is 0 Å². The maximum Gasteiger partial charge on any atom is 0.102 e. The van der Waals surface area contributed by atoms with Crippen LogP contribution in [0.5, 0.6) is 0 Å². The van der Waals surface area contributed by atoms with Crippen molar-refractivity contribution in [2.75, 3.05) is 13.1 Å². The number of rotatable bonds is 2. The summed E-state index contributed by atoms with van der Waals surface area (Å²) in [4.78, 5) is 2.53. The van der Waals surface area contributed by atoms with E-state index < -0.39 is 0 Å². The molecule has 2 rings (SSSR count). The molecule has 1 unspecified atom stereocenters. The van der Waals surface area contributed by atoms with E-state index in [1.165, 1.54) is 22.2 Å². The van der Waals surface area contributed by atoms with Gasteiger partial charge in [0, 0.05) is 24.7 Å². The summed E-state index contributed by atoms with van der Waals surface area (Å²) in [6.07, 6.45) is 3.20. The van der Waals surface area contributed by atoms with Crippen LogP contribution in [0.1, 0.15) is 31.9 Å². The second-order valence-electron chi connectivity index (χ2n) is 4.59. The molecule has 0 amide bonds. The van der Waals surface area contributed by atoms with Crippen molar-refractivity contribution in [3.63, 3.8) is 0 Å². The van der Waals surface area contributed by atoms with Crippen molar-refractivity contribution in [2.24, 2.45) is 0 Å². The zero-order valence-corrected chi connectivity index (χ0v) is 11.7. The molecule has 0 bridgehead atoms. The molecule has 1 saturated heterocycles. The summed E-state index contributed by atoms with van der Waals surface area (Å²) >= 11 is 2.40. The Morgan fingerprint density at radius 2 is 2.27 bits per heavy atom. The molecule has 0 spiro atoms. The molecule has 0 aliphatic carbocycles. The van der Waals surface area contributed by atoms with Gasteiger partial charge < -0.3 is 0 Å². The zero-order valence-electron chi connectivity index (χ0n) is 9.57. The monoisotopic (exact) mass is 319 g/mol. The van der Waals surface area contributed by atoms with E-state index in [-0.39, 0.29) is 0 Å². The van der Waals surface area contributed by atoms with Crippen LogP contribution in [-0.4, -0.2) is 33.8 Å². The van der Waals surface area contributed by atoms with Crippen LogP contribution >= 0.6 is 22.6 Å². The van der Waals surface area contributed by atoms with Gasteiger partial charge in [-0.1, -0.05) is 0 Å². The Labute approximate surface area is 105 Å². The molecule has 1 aromatic heterocycles. The first-order chi connectivity index (χ1) is 7.09. The summed E-state index contributed by atoms with van der Waals surface area (Å²) in [5.74, 6) is 0. The van der Waals surface area contributed by atoms with Gasteiger partial charge in [-0.05, 0) is 49.8 Å². The van der Waals surface area contributed by atoms with Crippen molar-refractivity contribution in [1.82, 2.24) is 14.7 Å². The van der Waals surface area contributed by atoms with Gasteiger partial charge in [0.05, 0.1) is 12.2 Å². The number of aromatic nitrogens is 2. The quantitative estimate of drug-likeness (QED) is 0.781. The Hall–Kier alpha value is -0.100. The molecule has 0 N–H and O–H groups in total. The average molecular weight is 319 g/mol. The maximum atomic E-state index is 4.47. The largest absolute Gasteiger partial charge is 0.299 e. The van der Waals surface area contributed by atoms with Crippen LogP contribution < -0.4 is 0 Å². The van der Waals surface area contributed by atoms with Crippen LogP contribution in [0.15, 0.2) is 6.20 Å². The molecule has 3 nitrogen and oxygen atoms in total. The van der Waals surface area contributed by atoms with E-state index in [1.807, 2.05) is 6.20 Å². The summed E-state index contributed by atoms with van der Waals surface area (Å²) in [7, 11) is 0. The SMILES string of the molecule is Cc1cnn(C2CCN(C(C)C)C2)c1I. The zero-order chi connectivity index (χ0) is 11.0. The lowest BCUT2D eigenvalue weighted by molar-refractivity contribution is 0.262. The van der Waals surface area contributed by atoms with E-state index in [9.17, 15) is 0 Å². The topological polar surface area (TPSA) is 21.1 Å². The van der Waals surface area contributed by atoms with Gasteiger partial charge in [0.2, 0.25) is 0 Å². The van der Waals surface area contributed by atoms with Crippen LogP contribution in [0, 0.1) is 10.6 Å². The predicted molar refractivity (Wildman–Crippen MR) is 70.0 cm³/mol. The highest BCUT2D eigenvalue weighted by atomic mass is 127. The highest BCUT2D eigenvalue weighted by Crippen LogP contribution is 2.25. The molecular formula is C11H18IN3. The fourth-order valence-electron chi connectivity index (χ4n) is 2.12. The summed E-state index contributed by atoms with van der Waals surface area (Å²) in [5.41, 5.74) is 1.29. The number of nitrogens with zero attached hydrogens (tertiary/aromatic N) is 3. The number of hydrogen-bond donors (Lipinski definition) is 0. The lowest BCUT2D eigenvalue weighted by Crippen LogP contribution is -2.29. The van der Waals surface area contributed by atoms with Crippen LogP contribution in [0.25, 0.3) is 0 Å². The van der Waals surface area contributed by atoms with Gasteiger partial charge in [-0.25, -0.2) is 0 Å². The van der Waals surface area contributed by atoms with Crippen molar-refractivity contribution in [3.8, 4) is 0 Å². The minimum Gasteiger partial charge on any atom is -0.299 e. The van der Waals surface area contributed by atoms with Crippen molar-refractivity contribution in [1.29, 1.82) is 0 Å². The van der Waals surface area contributed by atoms with Gasteiger partial charge in [0.15, 0.2) is 0 Å². The lowest BCUT2D eigenvalue weighted by Gasteiger charge is -2.20. The Morgan fingerprint density at radius 3 is 2.73 bits per heavy atom. The third-order valence-electron chi connectivity index (χ3n) is 3.17. The molecule has 4 heteroatoms. The molecule has 0 saturated carbocycles. The van der Waals surface area contributed by atoms with Gasteiger partial charge in [-0.15, -0.1) is 0 Å². The smallest absolute Gasteiger partial charge is 0.102 e. The molecule has 84 valence electrons. The van der Waals surface area contributed by atoms with Gasteiger partial charge >= 0.3 is 0 Å². The fourth-order valence-corrected chi connectivity index (χ4v) is 2.78. The molecule has 0 radical (unpaired) electrons. The summed E-state index contributed by atoms with van der Waals surface area (Å²) in [6, 6.07) is 1.23. The van der Waals surface area contributed by atoms with Crippen LogP contribution in [0.4, 0.5) is 0 Å². The first-order valence-corrected chi connectivity index (χ1v) is 6.61. The molecule has 1 aromatic rings. The van der Waals surface area contributed by atoms with E-state index in [2.05, 4.69) is 58.0 Å². The first-order valence-electron chi connectivity index (χ1n) is 5.53. The van der Waals surface area contributed by atoms with Gasteiger partial charge in [-0.3, -0.25) is 9.58 Å². The molecule has 1 atom stereocenters. The third kappa shape index (κ3) is 2.20. The standard InChI is InChI=1S/C11H18IN3/c1-8(2)14-5-4-10(7-14)15-11(12)9(3)6-13-15/h6,8,10H,4-5,7H2,1-3H3. The van der Waals surface area contributed by atoms with Gasteiger partial charge in [-0.2, -0.15) is 5.10 Å². The fraction of sp³-hybridized carbons (Fsp3) is 0.727. The Morgan fingerprint density at radius 1 is 1.53 bits per heavy atom. The maximum absolute atomic E-state index is 4.47. The molecule has 15 heavy (non-hydrogen) atoms. The predicted octanol–water partition coefficient (Wildman–Crippen LogP) is 2.45. The minimum absolute atomic E-state index is 0.577. The third-order valence-corrected chi connectivity index (χ3v) is 4.52. The molecular weight excluding hydrogens is 301 g/mol. The Kier molecular flexibility index (Phi) is 3.35. The average Bonchev–Trinajstić information content (AvgIpc) is 2.76. The second-order valence-corrected chi connectivity index (χ2v) is 5.62. The number of likely N-dealkylation sites (tertiary alicyclic amines) is 1. The highest BCUT2D eigenvalue weighted by Gasteiger charge is 2.27. The summed E-state index contributed by atoms with van der Waals surface area (Å²) in [5, 5.41) is 4.47. The molecule has 2 heterocycles. The molecule has 1 aliphatic heterocycles. The number of hydrogen-bond acceptors (Lipinski definition) is 2. The van der Waals surface area contributed by atoms with Crippen molar-refractivity contribution < 1.29 is 0 Å². The van der Waals surface area contributed by atoms with Gasteiger partial charge in [0.1, 0.15) is 3.70 Å². The number of aryl methyl sites for hydroxylation is 1. The summed E-state index contributed by atoms with van der Waals surface area (Å²) in [6.45, 7) is 9.01. The molecule has 0 aromatic carbocycles. The van der Waals surface area contributed by atoms with Crippen molar-refractivity contribution >= 4 is 22.6 Å². The van der Waals surface area contributed by atoms with Crippen molar-refractivity contribution in [2.45, 2.75) is 39.3 Å². The normalized spacial score (nSPS) is 22.9. The highest BCUT2D eigenvalue weighted by molar-refractivity contribution is 14.1. The van der Waals surface area contributed by atoms with Crippen LogP contribution in [0.2, 0.25) is 0 Å². The van der Waals surface area contributed by atoms with E-state index in [0.717, 1.165) is 6.54 Å². The number of halogens is 1. The summed E-state index contributed by atoms with van der Waals surface area (Å²) < 4.78 is 3.49. The van der Waals surface area contributed by atoms with Gasteiger partial charge in [0.25, 0.3) is 0 Å². The Balaban J connectivity index is 2.11. The van der Waals surface area contributed by atoms with Crippen LogP contribution in [-0.2, 0) is 0 Å². The minimum atomic E-state index is 0.577. The Bertz CT molecular complexity index is 346.